The normalized spacial score (nSPS) is 26.3. The molecule has 18 heavy (non-hydrogen) atoms. The zero-order chi connectivity index (χ0) is 12.8. The van der Waals surface area contributed by atoms with E-state index in [1.807, 2.05) is 50.3 Å². The number of rotatable bonds is 1. The molecule has 1 fully saturated rings. The van der Waals surface area contributed by atoms with Crippen molar-refractivity contribution in [2.24, 2.45) is 0 Å². The smallest absolute Gasteiger partial charge is 0.419 e. The second-order valence-electron chi connectivity index (χ2n) is 4.95. The number of carbonyl (C=O) groups is 1. The van der Waals surface area contributed by atoms with Gasteiger partial charge in [0.2, 0.25) is 0 Å². The Labute approximate surface area is 106 Å². The second-order valence-corrected chi connectivity index (χ2v) is 4.95. The molecule has 0 bridgehead atoms. The Morgan fingerprint density at radius 2 is 2.00 bits per heavy atom. The third kappa shape index (κ3) is 1.55. The number of allylic oxidation sites excluding steroid dienone is 2. The standard InChI is InChI=1S/C15H15NO2/c1-11-8-9-15(2)13(10-11)16(14(17)18-15)12-6-4-3-5-7-12/h3-8,10H,9H2,1-2H3. The Balaban J connectivity index is 2.10. The molecule has 3 rings (SSSR count). The second kappa shape index (κ2) is 3.73. The van der Waals surface area contributed by atoms with E-state index in [2.05, 4.69) is 6.08 Å². The highest BCUT2D eigenvalue weighted by Crippen LogP contribution is 2.42. The fraction of sp³-hybridized carbons (Fsp3) is 0.267. The van der Waals surface area contributed by atoms with Crippen molar-refractivity contribution in [1.29, 1.82) is 0 Å². The van der Waals surface area contributed by atoms with Gasteiger partial charge in [-0.05, 0) is 32.1 Å². The first-order valence-corrected chi connectivity index (χ1v) is 6.07. The number of hydrogen-bond donors (Lipinski definition) is 0. The highest BCUT2D eigenvalue weighted by Gasteiger charge is 2.47. The number of para-hydroxylation sites is 1. The summed E-state index contributed by atoms with van der Waals surface area (Å²) in [5, 5.41) is 0. The van der Waals surface area contributed by atoms with Crippen LogP contribution in [0.4, 0.5) is 10.5 Å². The SMILES string of the molecule is CC1=CCC2(C)OC(=O)N(c3ccccc3)C2=C1. The molecule has 0 saturated carbocycles. The molecule has 3 heteroatoms. The van der Waals surface area contributed by atoms with E-state index in [-0.39, 0.29) is 6.09 Å². The summed E-state index contributed by atoms with van der Waals surface area (Å²) in [6.45, 7) is 4.00. The number of benzene rings is 1. The van der Waals surface area contributed by atoms with Crippen LogP contribution < -0.4 is 4.90 Å². The lowest BCUT2D eigenvalue weighted by molar-refractivity contribution is 0.0861. The van der Waals surface area contributed by atoms with Crippen molar-refractivity contribution in [1.82, 2.24) is 0 Å². The van der Waals surface area contributed by atoms with E-state index in [0.717, 1.165) is 17.8 Å². The van der Waals surface area contributed by atoms with E-state index in [1.165, 1.54) is 5.57 Å². The summed E-state index contributed by atoms with van der Waals surface area (Å²) >= 11 is 0. The quantitative estimate of drug-likeness (QED) is 0.751. The maximum atomic E-state index is 12.1. The minimum absolute atomic E-state index is 0.293. The van der Waals surface area contributed by atoms with Crippen molar-refractivity contribution in [3.63, 3.8) is 0 Å². The van der Waals surface area contributed by atoms with Crippen LogP contribution in [-0.4, -0.2) is 11.7 Å². The van der Waals surface area contributed by atoms with Crippen molar-refractivity contribution < 1.29 is 9.53 Å². The molecule has 0 radical (unpaired) electrons. The van der Waals surface area contributed by atoms with Crippen LogP contribution in [0.15, 0.2) is 53.8 Å². The fourth-order valence-corrected chi connectivity index (χ4v) is 2.44. The molecule has 92 valence electrons. The number of carbonyl (C=O) groups excluding carboxylic acids is 1. The lowest BCUT2D eigenvalue weighted by atomic mass is 9.90. The minimum atomic E-state index is -0.521. The van der Waals surface area contributed by atoms with Gasteiger partial charge in [0, 0.05) is 6.42 Å². The maximum Gasteiger partial charge on any atom is 0.419 e. The molecule has 1 aromatic rings. The highest BCUT2D eigenvalue weighted by molar-refractivity contribution is 5.95. The molecule has 1 aliphatic heterocycles. The summed E-state index contributed by atoms with van der Waals surface area (Å²) in [6, 6.07) is 9.61. The molecule has 1 saturated heterocycles. The van der Waals surface area contributed by atoms with Gasteiger partial charge in [-0.3, -0.25) is 0 Å². The van der Waals surface area contributed by atoms with Gasteiger partial charge in [-0.15, -0.1) is 0 Å². The molecule has 3 nitrogen and oxygen atoms in total. The molecule has 1 atom stereocenters. The van der Waals surface area contributed by atoms with Gasteiger partial charge in [-0.1, -0.05) is 29.8 Å². The summed E-state index contributed by atoms with van der Waals surface area (Å²) in [5.74, 6) is 0. The fourth-order valence-electron chi connectivity index (χ4n) is 2.44. The molecule has 1 amide bonds. The van der Waals surface area contributed by atoms with Gasteiger partial charge in [0.25, 0.3) is 0 Å². The zero-order valence-corrected chi connectivity index (χ0v) is 10.5. The number of hydrogen-bond acceptors (Lipinski definition) is 2. The molecule has 0 spiro atoms. The first-order chi connectivity index (χ1) is 8.60. The Bertz CT molecular complexity index is 559. The Morgan fingerprint density at radius 3 is 2.72 bits per heavy atom. The number of anilines is 1. The van der Waals surface area contributed by atoms with Crippen molar-refractivity contribution >= 4 is 11.8 Å². The van der Waals surface area contributed by atoms with Crippen LogP contribution in [-0.2, 0) is 4.74 Å². The largest absolute Gasteiger partial charge is 0.436 e. The predicted octanol–water partition coefficient (Wildman–Crippen LogP) is 3.64. The Kier molecular flexibility index (Phi) is 2.30. The van der Waals surface area contributed by atoms with Crippen molar-refractivity contribution in [3.05, 3.63) is 53.8 Å². The van der Waals surface area contributed by atoms with Crippen molar-refractivity contribution in [2.45, 2.75) is 25.9 Å². The van der Waals surface area contributed by atoms with Crippen molar-refractivity contribution in [3.8, 4) is 0 Å². The van der Waals surface area contributed by atoms with Crippen LogP contribution >= 0.6 is 0 Å². The van der Waals surface area contributed by atoms with Crippen LogP contribution in [0, 0.1) is 0 Å². The van der Waals surface area contributed by atoms with Gasteiger partial charge in [-0.2, -0.15) is 0 Å². The molecule has 0 N–H and O–H groups in total. The number of ether oxygens (including phenoxy) is 1. The van der Waals surface area contributed by atoms with Crippen LogP contribution in [0.2, 0.25) is 0 Å². The van der Waals surface area contributed by atoms with Crippen molar-refractivity contribution in [2.75, 3.05) is 4.90 Å². The van der Waals surface area contributed by atoms with E-state index in [1.54, 1.807) is 4.90 Å². The predicted molar refractivity (Wildman–Crippen MR) is 70.3 cm³/mol. The number of amides is 1. The molecule has 1 aliphatic carbocycles. The Hall–Kier alpha value is -2.03. The Morgan fingerprint density at radius 1 is 1.28 bits per heavy atom. The lowest BCUT2D eigenvalue weighted by Crippen LogP contribution is -2.30. The maximum absolute atomic E-state index is 12.1. The summed E-state index contributed by atoms with van der Waals surface area (Å²) < 4.78 is 5.54. The molecule has 1 aromatic carbocycles. The van der Waals surface area contributed by atoms with Gasteiger partial charge in [0.05, 0.1) is 11.4 Å². The van der Waals surface area contributed by atoms with E-state index in [4.69, 9.17) is 4.74 Å². The average molecular weight is 241 g/mol. The monoisotopic (exact) mass is 241 g/mol. The van der Waals surface area contributed by atoms with Crippen LogP contribution in [0.5, 0.6) is 0 Å². The minimum Gasteiger partial charge on any atom is -0.436 e. The summed E-state index contributed by atoms with van der Waals surface area (Å²) in [6.07, 6.45) is 4.57. The summed E-state index contributed by atoms with van der Waals surface area (Å²) in [4.78, 5) is 13.8. The molecule has 2 aliphatic rings. The summed E-state index contributed by atoms with van der Waals surface area (Å²) in [7, 11) is 0. The molecule has 1 unspecified atom stereocenters. The third-order valence-corrected chi connectivity index (χ3v) is 3.47. The highest BCUT2D eigenvalue weighted by atomic mass is 16.6. The van der Waals surface area contributed by atoms with Gasteiger partial charge in [-0.25, -0.2) is 9.69 Å². The van der Waals surface area contributed by atoms with E-state index < -0.39 is 5.60 Å². The van der Waals surface area contributed by atoms with Gasteiger partial charge in [0.1, 0.15) is 0 Å². The third-order valence-electron chi connectivity index (χ3n) is 3.47. The first-order valence-electron chi connectivity index (χ1n) is 6.07. The lowest BCUT2D eigenvalue weighted by Gasteiger charge is -2.27. The molecular formula is C15H15NO2. The van der Waals surface area contributed by atoms with Crippen LogP contribution in [0.25, 0.3) is 0 Å². The van der Waals surface area contributed by atoms with Gasteiger partial charge < -0.3 is 4.74 Å². The molecular weight excluding hydrogens is 226 g/mol. The zero-order valence-electron chi connectivity index (χ0n) is 10.5. The van der Waals surface area contributed by atoms with E-state index in [9.17, 15) is 4.79 Å². The van der Waals surface area contributed by atoms with E-state index >= 15 is 0 Å². The van der Waals surface area contributed by atoms with E-state index in [0.29, 0.717) is 0 Å². The average Bonchev–Trinajstić information content (AvgIpc) is 2.61. The number of fused-ring (bicyclic) bond motifs is 1. The molecule has 0 aromatic heterocycles. The topological polar surface area (TPSA) is 29.5 Å². The van der Waals surface area contributed by atoms with Gasteiger partial charge >= 0.3 is 6.09 Å². The van der Waals surface area contributed by atoms with Gasteiger partial charge in [0.15, 0.2) is 5.60 Å². The van der Waals surface area contributed by atoms with Crippen LogP contribution in [0.1, 0.15) is 20.3 Å². The number of nitrogens with zero attached hydrogens (tertiary/aromatic N) is 1. The summed E-state index contributed by atoms with van der Waals surface area (Å²) in [5.41, 5.74) is 2.43. The first kappa shape index (κ1) is 11.1. The van der Waals surface area contributed by atoms with Crippen LogP contribution in [0.3, 0.4) is 0 Å². The molecule has 1 heterocycles.